The first kappa shape index (κ1) is 45.9. The Morgan fingerprint density at radius 1 is 0.827 bits per heavy atom. The SMILES string of the molecule is CSCC[C@H](NC(=O)[C@H](CCC(=O)O)NC(=O)CNC(=O)[C@@H]1CCCN1C(=O)[C@H](CS)NC(=O)[C@H](C)NC(=O)CNC(=O)[C@@H](N)CC(C)C)C(=O)O. The molecule has 1 fully saturated rings. The minimum Gasteiger partial charge on any atom is -0.481 e. The minimum absolute atomic E-state index is 0.0947. The fourth-order valence-electron chi connectivity index (χ4n) is 5.09. The van der Waals surface area contributed by atoms with Gasteiger partial charge >= 0.3 is 11.9 Å². The maximum absolute atomic E-state index is 13.4. The maximum atomic E-state index is 13.4. The Morgan fingerprint density at radius 2 is 1.44 bits per heavy atom. The van der Waals surface area contributed by atoms with E-state index in [2.05, 4.69) is 44.5 Å². The number of amides is 7. The Morgan fingerprint density at radius 3 is 2.02 bits per heavy atom. The number of rotatable bonds is 23. The summed E-state index contributed by atoms with van der Waals surface area (Å²) >= 11 is 5.53. The Kier molecular flexibility index (Phi) is 20.7. The highest BCUT2D eigenvalue weighted by Gasteiger charge is 2.38. The molecule has 1 saturated heterocycles. The van der Waals surface area contributed by atoms with Crippen molar-refractivity contribution in [2.45, 2.75) is 95.5 Å². The fourth-order valence-corrected chi connectivity index (χ4v) is 5.81. The number of carboxylic acids is 2. The second-order valence-electron chi connectivity index (χ2n) is 12.6. The first-order valence-electron chi connectivity index (χ1n) is 16.8. The number of nitrogens with one attached hydrogen (secondary N) is 6. The van der Waals surface area contributed by atoms with Crippen LogP contribution >= 0.6 is 24.4 Å². The van der Waals surface area contributed by atoms with Crippen LogP contribution in [0.25, 0.3) is 0 Å². The van der Waals surface area contributed by atoms with Crippen LogP contribution < -0.4 is 37.6 Å². The average Bonchev–Trinajstić information content (AvgIpc) is 3.57. The molecule has 1 heterocycles. The molecule has 0 saturated carbocycles. The summed E-state index contributed by atoms with van der Waals surface area (Å²) in [6.07, 6.45) is 2.09. The largest absolute Gasteiger partial charge is 0.481 e. The van der Waals surface area contributed by atoms with Gasteiger partial charge in [-0.05, 0) is 57.0 Å². The monoisotopic (exact) mass is 776 g/mol. The van der Waals surface area contributed by atoms with Crippen LogP contribution in [0.2, 0.25) is 0 Å². The van der Waals surface area contributed by atoms with Crippen LogP contribution in [-0.4, -0.2) is 142 Å². The molecule has 7 amide bonds. The van der Waals surface area contributed by atoms with Crippen molar-refractivity contribution in [3.05, 3.63) is 0 Å². The van der Waals surface area contributed by atoms with Gasteiger partial charge in [-0.15, -0.1) is 0 Å². The summed E-state index contributed by atoms with van der Waals surface area (Å²) in [4.78, 5) is 113. The summed E-state index contributed by atoms with van der Waals surface area (Å²) in [5.74, 6) is -7.08. The Bertz CT molecular complexity index is 1310. The highest BCUT2D eigenvalue weighted by atomic mass is 32.2. The summed E-state index contributed by atoms with van der Waals surface area (Å²) in [5, 5.41) is 32.9. The van der Waals surface area contributed by atoms with Gasteiger partial charge in [0.2, 0.25) is 41.4 Å². The molecule has 21 heteroatoms. The van der Waals surface area contributed by atoms with E-state index in [0.717, 1.165) is 0 Å². The number of hydrogen-bond acceptors (Lipinski definition) is 12. The molecule has 0 unspecified atom stereocenters. The molecular formula is C31H52N8O11S2. The Labute approximate surface area is 311 Å². The van der Waals surface area contributed by atoms with E-state index in [0.29, 0.717) is 18.6 Å². The van der Waals surface area contributed by atoms with Gasteiger partial charge in [0, 0.05) is 18.7 Å². The number of aliphatic carboxylic acids is 2. The van der Waals surface area contributed by atoms with E-state index in [1.165, 1.54) is 23.6 Å². The van der Waals surface area contributed by atoms with Gasteiger partial charge in [-0.2, -0.15) is 24.4 Å². The molecule has 0 aromatic carbocycles. The van der Waals surface area contributed by atoms with Gasteiger partial charge in [0.1, 0.15) is 30.2 Å². The summed E-state index contributed by atoms with van der Waals surface area (Å²) < 4.78 is 0. The summed E-state index contributed by atoms with van der Waals surface area (Å²) in [6.45, 7) is 4.27. The van der Waals surface area contributed by atoms with Crippen LogP contribution in [0.5, 0.6) is 0 Å². The topological polar surface area (TPSA) is 296 Å². The van der Waals surface area contributed by atoms with Crippen LogP contribution in [-0.2, 0) is 43.2 Å². The van der Waals surface area contributed by atoms with Crippen molar-refractivity contribution >= 4 is 77.7 Å². The van der Waals surface area contributed by atoms with Crippen LogP contribution in [0.3, 0.4) is 0 Å². The molecule has 0 aromatic rings. The highest BCUT2D eigenvalue weighted by molar-refractivity contribution is 7.98. The van der Waals surface area contributed by atoms with E-state index in [4.69, 9.17) is 10.8 Å². The number of carboxylic acid groups (broad SMARTS) is 2. The number of carbonyl (C=O) groups is 9. The second-order valence-corrected chi connectivity index (χ2v) is 14.0. The predicted molar refractivity (Wildman–Crippen MR) is 193 cm³/mol. The normalized spacial score (nSPS) is 16.8. The second kappa shape index (κ2) is 23.5. The van der Waals surface area contributed by atoms with Gasteiger partial charge in [-0.3, -0.25) is 38.4 Å². The van der Waals surface area contributed by atoms with Crippen molar-refractivity contribution in [2.75, 3.05) is 37.4 Å². The van der Waals surface area contributed by atoms with E-state index in [9.17, 15) is 48.3 Å². The fraction of sp³-hybridized carbons (Fsp3) is 0.710. The van der Waals surface area contributed by atoms with E-state index in [1.807, 2.05) is 13.8 Å². The quantitative estimate of drug-likeness (QED) is 0.0469. The molecule has 6 atom stereocenters. The van der Waals surface area contributed by atoms with E-state index in [1.54, 1.807) is 6.26 Å². The molecule has 19 nitrogen and oxygen atoms in total. The predicted octanol–water partition coefficient (Wildman–Crippen LogP) is -2.83. The molecule has 1 rings (SSSR count). The zero-order valence-corrected chi connectivity index (χ0v) is 31.5. The number of nitrogens with zero attached hydrogens (tertiary/aromatic N) is 1. The first-order chi connectivity index (χ1) is 24.4. The number of hydrogen-bond donors (Lipinski definition) is 10. The third-order valence-corrected chi connectivity index (χ3v) is 8.85. The summed E-state index contributed by atoms with van der Waals surface area (Å²) in [6, 6.07) is -6.76. The molecule has 0 spiro atoms. The van der Waals surface area contributed by atoms with Crippen molar-refractivity contribution < 1.29 is 53.4 Å². The lowest BCUT2D eigenvalue weighted by Crippen LogP contribution is -2.57. The van der Waals surface area contributed by atoms with Gasteiger partial charge in [0.15, 0.2) is 0 Å². The van der Waals surface area contributed by atoms with Gasteiger partial charge < -0.3 is 52.7 Å². The van der Waals surface area contributed by atoms with E-state index >= 15 is 0 Å². The zero-order chi connectivity index (χ0) is 39.5. The maximum Gasteiger partial charge on any atom is 0.326 e. The first-order valence-corrected chi connectivity index (χ1v) is 18.8. The number of nitrogens with two attached hydrogens (primary N) is 1. The van der Waals surface area contributed by atoms with Gasteiger partial charge in [-0.1, -0.05) is 13.8 Å². The molecule has 0 bridgehead atoms. The van der Waals surface area contributed by atoms with Gasteiger partial charge in [0.25, 0.3) is 0 Å². The molecule has 10 N–H and O–H groups in total. The molecular weight excluding hydrogens is 725 g/mol. The molecule has 0 aliphatic carbocycles. The number of thioether (sulfide) groups is 1. The van der Waals surface area contributed by atoms with Crippen molar-refractivity contribution in [2.24, 2.45) is 11.7 Å². The third-order valence-electron chi connectivity index (χ3n) is 7.84. The lowest BCUT2D eigenvalue weighted by Gasteiger charge is -2.28. The van der Waals surface area contributed by atoms with Crippen molar-refractivity contribution in [1.29, 1.82) is 0 Å². The van der Waals surface area contributed by atoms with Crippen molar-refractivity contribution in [1.82, 2.24) is 36.8 Å². The lowest BCUT2D eigenvalue weighted by molar-refractivity contribution is -0.143. The molecule has 1 aliphatic rings. The van der Waals surface area contributed by atoms with Crippen molar-refractivity contribution in [3.63, 3.8) is 0 Å². The van der Waals surface area contributed by atoms with Crippen LogP contribution in [0.4, 0.5) is 0 Å². The van der Waals surface area contributed by atoms with Crippen molar-refractivity contribution in [3.8, 4) is 0 Å². The molecule has 0 aromatic heterocycles. The lowest BCUT2D eigenvalue weighted by atomic mass is 10.0. The summed E-state index contributed by atoms with van der Waals surface area (Å²) in [7, 11) is 0. The highest BCUT2D eigenvalue weighted by Crippen LogP contribution is 2.19. The number of carbonyl (C=O) groups excluding carboxylic acids is 7. The molecule has 1 aliphatic heterocycles. The Balaban J connectivity index is 2.77. The molecule has 52 heavy (non-hydrogen) atoms. The molecule has 294 valence electrons. The van der Waals surface area contributed by atoms with E-state index in [-0.39, 0.29) is 37.5 Å². The summed E-state index contributed by atoms with van der Waals surface area (Å²) in [5.41, 5.74) is 5.80. The van der Waals surface area contributed by atoms with Crippen LogP contribution in [0.15, 0.2) is 0 Å². The van der Waals surface area contributed by atoms with Gasteiger partial charge in [0.05, 0.1) is 19.1 Å². The third kappa shape index (κ3) is 16.5. The van der Waals surface area contributed by atoms with Gasteiger partial charge in [-0.25, -0.2) is 4.79 Å². The molecule has 0 radical (unpaired) electrons. The smallest absolute Gasteiger partial charge is 0.326 e. The Hall–Kier alpha value is -4.11. The zero-order valence-electron chi connectivity index (χ0n) is 29.8. The number of thiol groups is 1. The minimum atomic E-state index is -1.40. The van der Waals surface area contributed by atoms with Crippen LogP contribution in [0, 0.1) is 5.92 Å². The van der Waals surface area contributed by atoms with Crippen LogP contribution in [0.1, 0.15) is 59.3 Å². The standard InChI is InChI=1S/C31H52N8O11S2/c1-16(2)12-18(32)27(45)33-13-23(40)35-17(3)26(44)38-21(15-51)30(48)39-10-5-6-22(39)29(47)34-14-24(41)36-19(7-8-25(42)43)28(46)37-20(31(49)50)9-11-52-4/h16-22,51H,5-15,32H2,1-4H3,(H,33,45)(H,34,47)(H,35,40)(H,36,41)(H,37,46)(H,38,44)(H,42,43)(H,49,50)/t17-,18-,19-,20-,21-,22-/m0/s1. The van der Waals surface area contributed by atoms with E-state index < -0.39 is 109 Å². The average molecular weight is 777 g/mol. The number of likely N-dealkylation sites (tertiary alicyclic amines) is 1.